The molecule has 0 saturated carbocycles. The van der Waals surface area contributed by atoms with E-state index in [0.717, 1.165) is 13.0 Å². The molecular formula is C15H29N3. The summed E-state index contributed by atoms with van der Waals surface area (Å²) in [5.41, 5.74) is 1.22. The molecule has 2 unspecified atom stereocenters. The van der Waals surface area contributed by atoms with Crippen LogP contribution in [0, 0.1) is 5.92 Å². The van der Waals surface area contributed by atoms with Crippen LogP contribution in [0.1, 0.15) is 59.2 Å². The van der Waals surface area contributed by atoms with Gasteiger partial charge < -0.3 is 5.32 Å². The van der Waals surface area contributed by atoms with E-state index in [2.05, 4.69) is 57.3 Å². The van der Waals surface area contributed by atoms with Crippen LogP contribution in [-0.4, -0.2) is 22.4 Å². The second kappa shape index (κ2) is 7.57. The fraction of sp³-hybridized carbons (Fsp3) is 0.800. The molecule has 0 bridgehead atoms. The average Bonchev–Trinajstić information content (AvgIpc) is 2.78. The summed E-state index contributed by atoms with van der Waals surface area (Å²) in [4.78, 5) is 0. The van der Waals surface area contributed by atoms with Crippen LogP contribution in [-0.2, 0) is 6.42 Å². The lowest BCUT2D eigenvalue weighted by Gasteiger charge is -2.23. The van der Waals surface area contributed by atoms with E-state index in [-0.39, 0.29) is 0 Å². The summed E-state index contributed by atoms with van der Waals surface area (Å²) < 4.78 is 2.04. The lowest BCUT2D eigenvalue weighted by atomic mass is 9.94. The summed E-state index contributed by atoms with van der Waals surface area (Å²) in [5, 5.41) is 8.27. The van der Waals surface area contributed by atoms with Gasteiger partial charge in [-0.3, -0.25) is 4.68 Å². The molecular weight excluding hydrogens is 222 g/mol. The van der Waals surface area contributed by atoms with Gasteiger partial charge in [-0.05, 0) is 51.6 Å². The highest BCUT2D eigenvalue weighted by Gasteiger charge is 2.16. The fourth-order valence-corrected chi connectivity index (χ4v) is 2.32. The molecule has 3 heteroatoms. The number of hydrogen-bond acceptors (Lipinski definition) is 2. The summed E-state index contributed by atoms with van der Waals surface area (Å²) >= 11 is 0. The van der Waals surface area contributed by atoms with Gasteiger partial charge in [0.2, 0.25) is 0 Å². The maximum Gasteiger partial charge on any atom is 0.0627 e. The van der Waals surface area contributed by atoms with Gasteiger partial charge in [-0.1, -0.05) is 20.8 Å². The highest BCUT2D eigenvalue weighted by molar-refractivity contribution is 5.01. The van der Waals surface area contributed by atoms with Crippen LogP contribution in [0.4, 0.5) is 0 Å². The molecule has 1 aromatic heterocycles. The van der Waals surface area contributed by atoms with Crippen molar-refractivity contribution in [2.75, 3.05) is 6.54 Å². The van der Waals surface area contributed by atoms with E-state index in [4.69, 9.17) is 0 Å². The Morgan fingerprint density at radius 2 is 2.00 bits per heavy atom. The normalized spacial score (nSPS) is 15.0. The molecule has 1 aromatic rings. The molecule has 1 N–H and O–H groups in total. The molecule has 0 spiro atoms. The zero-order valence-corrected chi connectivity index (χ0v) is 12.6. The molecule has 0 amide bonds. The van der Waals surface area contributed by atoms with Gasteiger partial charge in [0.25, 0.3) is 0 Å². The Kier molecular flexibility index (Phi) is 6.41. The van der Waals surface area contributed by atoms with Gasteiger partial charge in [-0.25, -0.2) is 0 Å². The SMILES string of the molecule is CCCNC(CC)C(C)Cc1ccn(C(C)C)n1. The van der Waals surface area contributed by atoms with E-state index >= 15 is 0 Å². The van der Waals surface area contributed by atoms with Crippen LogP contribution >= 0.6 is 0 Å². The molecule has 1 rings (SSSR count). The number of aromatic nitrogens is 2. The first-order chi connectivity index (χ1) is 8.58. The van der Waals surface area contributed by atoms with Gasteiger partial charge in [0.15, 0.2) is 0 Å². The second-order valence-corrected chi connectivity index (χ2v) is 5.53. The molecule has 0 aliphatic heterocycles. The van der Waals surface area contributed by atoms with Crippen molar-refractivity contribution in [1.82, 2.24) is 15.1 Å². The summed E-state index contributed by atoms with van der Waals surface area (Å²) in [5.74, 6) is 0.636. The minimum atomic E-state index is 0.453. The molecule has 0 aliphatic rings. The molecule has 104 valence electrons. The third-order valence-electron chi connectivity index (χ3n) is 3.51. The lowest BCUT2D eigenvalue weighted by molar-refractivity contribution is 0.361. The van der Waals surface area contributed by atoms with Crippen molar-refractivity contribution in [3.8, 4) is 0 Å². The van der Waals surface area contributed by atoms with Crippen molar-refractivity contribution in [3.63, 3.8) is 0 Å². The van der Waals surface area contributed by atoms with E-state index in [1.807, 2.05) is 4.68 Å². The Morgan fingerprint density at radius 3 is 2.50 bits per heavy atom. The maximum atomic E-state index is 4.64. The van der Waals surface area contributed by atoms with Crippen LogP contribution in [0.25, 0.3) is 0 Å². The molecule has 1 heterocycles. The zero-order chi connectivity index (χ0) is 13.5. The number of rotatable bonds is 8. The Balaban J connectivity index is 2.53. The van der Waals surface area contributed by atoms with Gasteiger partial charge >= 0.3 is 0 Å². The summed E-state index contributed by atoms with van der Waals surface area (Å²) in [6.07, 6.45) is 5.54. The summed E-state index contributed by atoms with van der Waals surface area (Å²) in [6, 6.07) is 3.21. The van der Waals surface area contributed by atoms with Crippen LogP contribution in [0.3, 0.4) is 0 Å². The topological polar surface area (TPSA) is 29.9 Å². The maximum absolute atomic E-state index is 4.64. The highest BCUT2D eigenvalue weighted by atomic mass is 15.3. The van der Waals surface area contributed by atoms with Crippen molar-refractivity contribution >= 4 is 0 Å². The van der Waals surface area contributed by atoms with Crippen molar-refractivity contribution in [2.45, 2.75) is 66.0 Å². The number of nitrogens with one attached hydrogen (secondary N) is 1. The fourth-order valence-electron chi connectivity index (χ4n) is 2.32. The first kappa shape index (κ1) is 15.2. The van der Waals surface area contributed by atoms with Crippen molar-refractivity contribution in [1.29, 1.82) is 0 Å². The van der Waals surface area contributed by atoms with E-state index in [0.29, 0.717) is 18.0 Å². The molecule has 0 fully saturated rings. The predicted molar refractivity (Wildman–Crippen MR) is 77.9 cm³/mol. The van der Waals surface area contributed by atoms with Crippen molar-refractivity contribution < 1.29 is 0 Å². The standard InChI is InChI=1S/C15H29N3/c1-6-9-16-15(7-2)13(5)11-14-8-10-18(17-14)12(3)4/h8,10,12-13,15-16H,6-7,9,11H2,1-5H3. The third-order valence-corrected chi connectivity index (χ3v) is 3.51. The molecule has 3 nitrogen and oxygen atoms in total. The van der Waals surface area contributed by atoms with Gasteiger partial charge in [-0.15, -0.1) is 0 Å². The first-order valence-corrected chi connectivity index (χ1v) is 7.35. The van der Waals surface area contributed by atoms with E-state index in [9.17, 15) is 0 Å². The quantitative estimate of drug-likeness (QED) is 0.767. The minimum Gasteiger partial charge on any atom is -0.314 e. The van der Waals surface area contributed by atoms with Crippen molar-refractivity contribution in [3.05, 3.63) is 18.0 Å². The molecule has 18 heavy (non-hydrogen) atoms. The van der Waals surface area contributed by atoms with E-state index in [1.54, 1.807) is 0 Å². The van der Waals surface area contributed by atoms with Gasteiger partial charge in [-0.2, -0.15) is 5.10 Å². The smallest absolute Gasteiger partial charge is 0.0627 e. The van der Waals surface area contributed by atoms with Crippen LogP contribution < -0.4 is 5.32 Å². The largest absolute Gasteiger partial charge is 0.314 e. The second-order valence-electron chi connectivity index (χ2n) is 5.53. The Labute approximate surface area is 112 Å². The molecule has 0 aliphatic carbocycles. The average molecular weight is 251 g/mol. The first-order valence-electron chi connectivity index (χ1n) is 7.35. The molecule has 0 saturated heterocycles. The van der Waals surface area contributed by atoms with Crippen LogP contribution in [0.2, 0.25) is 0 Å². The molecule has 0 aromatic carbocycles. The van der Waals surface area contributed by atoms with Crippen molar-refractivity contribution in [2.24, 2.45) is 5.92 Å². The highest BCUT2D eigenvalue weighted by Crippen LogP contribution is 2.14. The zero-order valence-electron chi connectivity index (χ0n) is 12.6. The Bertz CT molecular complexity index is 330. The molecule has 0 radical (unpaired) electrons. The Hall–Kier alpha value is -0.830. The van der Waals surface area contributed by atoms with Crippen LogP contribution in [0.15, 0.2) is 12.3 Å². The number of hydrogen-bond donors (Lipinski definition) is 1. The van der Waals surface area contributed by atoms with Gasteiger partial charge in [0, 0.05) is 18.3 Å². The minimum absolute atomic E-state index is 0.453. The summed E-state index contributed by atoms with van der Waals surface area (Å²) in [6.45, 7) is 12.2. The van der Waals surface area contributed by atoms with Gasteiger partial charge in [0.1, 0.15) is 0 Å². The monoisotopic (exact) mass is 251 g/mol. The number of nitrogens with zero attached hydrogens (tertiary/aromatic N) is 2. The third kappa shape index (κ3) is 4.45. The van der Waals surface area contributed by atoms with Crippen LogP contribution in [0.5, 0.6) is 0 Å². The summed E-state index contributed by atoms with van der Waals surface area (Å²) in [7, 11) is 0. The van der Waals surface area contributed by atoms with E-state index < -0.39 is 0 Å². The lowest BCUT2D eigenvalue weighted by Crippen LogP contribution is -2.35. The predicted octanol–water partition coefficient (Wildman–Crippen LogP) is 3.42. The Morgan fingerprint density at radius 1 is 1.28 bits per heavy atom. The molecule has 2 atom stereocenters. The van der Waals surface area contributed by atoms with E-state index in [1.165, 1.54) is 18.5 Å². The van der Waals surface area contributed by atoms with Gasteiger partial charge in [0.05, 0.1) is 5.69 Å².